The monoisotopic (exact) mass is 393 g/mol. The Morgan fingerprint density at radius 1 is 1.39 bits per heavy atom. The molecule has 0 amide bonds. The van der Waals surface area contributed by atoms with Gasteiger partial charge >= 0.3 is 0 Å². The Bertz CT molecular complexity index is 519. The first-order valence-electron chi connectivity index (χ1n) is 5.31. The van der Waals surface area contributed by atoms with Crippen molar-refractivity contribution >= 4 is 43.2 Å². The third kappa shape index (κ3) is 3.34. The van der Waals surface area contributed by atoms with Crippen LogP contribution in [-0.4, -0.2) is 16.9 Å². The Kier molecular flexibility index (Phi) is 4.83. The van der Waals surface area contributed by atoms with E-state index in [1.165, 1.54) is 4.88 Å². The lowest BCUT2D eigenvalue weighted by Gasteiger charge is -1.99. The number of aryl methyl sites for hydroxylation is 1. The quantitative estimate of drug-likeness (QED) is 0.845. The Morgan fingerprint density at radius 2 is 2.17 bits per heavy atom. The topological polar surface area (TPSA) is 39.1 Å². The smallest absolute Gasteiger partial charge is 0.211 e. The molecule has 2 aromatic heterocycles. The van der Waals surface area contributed by atoms with E-state index in [4.69, 9.17) is 4.74 Å². The van der Waals surface area contributed by atoms with Crippen LogP contribution in [0.1, 0.15) is 10.6 Å². The van der Waals surface area contributed by atoms with Gasteiger partial charge in [0.1, 0.15) is 0 Å². The molecule has 0 fully saturated rings. The molecule has 2 heterocycles. The summed E-state index contributed by atoms with van der Waals surface area (Å²) in [6.45, 7) is 1.55. The van der Waals surface area contributed by atoms with Gasteiger partial charge in [-0.05, 0) is 37.9 Å². The lowest BCUT2D eigenvalue weighted by Crippen LogP contribution is -2.12. The molecule has 2 aromatic rings. The molecule has 0 spiro atoms. The van der Waals surface area contributed by atoms with Gasteiger partial charge < -0.3 is 10.1 Å². The molecule has 0 aliphatic carbocycles. The van der Waals surface area contributed by atoms with Crippen LogP contribution in [0.2, 0.25) is 0 Å². The van der Waals surface area contributed by atoms with E-state index in [9.17, 15) is 0 Å². The van der Waals surface area contributed by atoms with Gasteiger partial charge in [-0.1, -0.05) is 0 Å². The van der Waals surface area contributed by atoms with Crippen LogP contribution < -0.4 is 10.1 Å². The molecule has 1 N–H and O–H groups in total. The van der Waals surface area contributed by atoms with Crippen LogP contribution in [0.15, 0.2) is 20.4 Å². The molecule has 98 valence electrons. The Morgan fingerprint density at radius 3 is 2.72 bits per heavy atom. The number of nitrogens with one attached hydrogen (secondary N) is 1. The van der Waals surface area contributed by atoms with E-state index in [-0.39, 0.29) is 0 Å². The second-order valence-electron chi connectivity index (χ2n) is 3.74. The van der Waals surface area contributed by atoms with Crippen molar-refractivity contribution < 1.29 is 4.74 Å². The highest BCUT2D eigenvalue weighted by Crippen LogP contribution is 2.32. The summed E-state index contributed by atoms with van der Waals surface area (Å²) >= 11 is 8.68. The maximum atomic E-state index is 5.17. The number of halogens is 2. The van der Waals surface area contributed by atoms with Crippen molar-refractivity contribution in [2.24, 2.45) is 7.05 Å². The first kappa shape index (κ1) is 14.0. The second-order valence-corrected chi connectivity index (χ2v) is 7.05. The van der Waals surface area contributed by atoms with Gasteiger partial charge in [0.05, 0.1) is 16.6 Å². The van der Waals surface area contributed by atoms with Crippen molar-refractivity contribution in [3.8, 4) is 5.88 Å². The summed E-state index contributed by atoms with van der Waals surface area (Å²) in [4.78, 5) is 1.27. The molecule has 0 aromatic carbocycles. The third-order valence-corrected chi connectivity index (χ3v) is 5.65. The fraction of sp³-hybridized carbons (Fsp3) is 0.364. The van der Waals surface area contributed by atoms with Gasteiger partial charge in [-0.2, -0.15) is 5.10 Å². The van der Waals surface area contributed by atoms with Crippen LogP contribution in [0, 0.1) is 0 Å². The van der Waals surface area contributed by atoms with Gasteiger partial charge in [0.25, 0.3) is 0 Å². The molecular weight excluding hydrogens is 382 g/mol. The summed E-state index contributed by atoms with van der Waals surface area (Å²) in [5, 5.41) is 7.71. The molecule has 0 atom stereocenters. The molecule has 2 rings (SSSR count). The van der Waals surface area contributed by atoms with Gasteiger partial charge in [-0.15, -0.1) is 11.3 Å². The summed E-state index contributed by atoms with van der Waals surface area (Å²) in [5.74, 6) is 0.772. The zero-order chi connectivity index (χ0) is 13.1. The molecule has 4 nitrogen and oxygen atoms in total. The summed E-state index contributed by atoms with van der Waals surface area (Å²) in [6.07, 6.45) is 0. The molecule has 0 radical (unpaired) electrons. The highest BCUT2D eigenvalue weighted by Gasteiger charge is 2.06. The normalized spacial score (nSPS) is 10.9. The van der Waals surface area contributed by atoms with Crippen LogP contribution in [0.4, 0.5) is 0 Å². The average molecular weight is 395 g/mol. The second kappa shape index (κ2) is 6.18. The number of methoxy groups -OCH3 is 1. The fourth-order valence-corrected chi connectivity index (χ4v) is 3.72. The Hall–Kier alpha value is -0.370. The van der Waals surface area contributed by atoms with Crippen molar-refractivity contribution in [2.75, 3.05) is 7.11 Å². The number of thiophene rings is 1. The van der Waals surface area contributed by atoms with Crippen molar-refractivity contribution in [2.45, 2.75) is 13.1 Å². The number of rotatable bonds is 5. The summed E-state index contributed by atoms with van der Waals surface area (Å²) < 4.78 is 9.13. The van der Waals surface area contributed by atoms with Gasteiger partial charge in [-0.3, -0.25) is 0 Å². The van der Waals surface area contributed by atoms with Crippen LogP contribution in [-0.2, 0) is 20.1 Å². The van der Waals surface area contributed by atoms with Crippen LogP contribution >= 0.6 is 43.2 Å². The number of ether oxygens (including phenoxy) is 1. The molecule has 7 heteroatoms. The van der Waals surface area contributed by atoms with Gasteiger partial charge in [0.15, 0.2) is 0 Å². The number of aromatic nitrogens is 2. The van der Waals surface area contributed by atoms with Gasteiger partial charge in [0, 0.05) is 35.6 Å². The maximum Gasteiger partial charge on any atom is 0.211 e. The van der Waals surface area contributed by atoms with Crippen molar-refractivity contribution in [1.82, 2.24) is 15.1 Å². The zero-order valence-electron chi connectivity index (χ0n) is 10.0. The third-order valence-electron chi connectivity index (χ3n) is 2.40. The SMILES string of the molecule is COc1cc(CNCc2cc(Br)c(Br)s2)nn1C. The minimum Gasteiger partial charge on any atom is -0.481 e. The van der Waals surface area contributed by atoms with E-state index >= 15 is 0 Å². The standard InChI is InChI=1S/C11H13Br2N3OS/c1-16-10(17-2)3-7(15-16)5-14-6-8-4-9(12)11(13)18-8/h3-4,14H,5-6H2,1-2H3. The predicted octanol–water partition coefficient (Wildman–Crippen LogP) is 3.31. The summed E-state index contributed by atoms with van der Waals surface area (Å²) in [5.41, 5.74) is 0.976. The molecule has 0 bridgehead atoms. The molecule has 0 aliphatic heterocycles. The van der Waals surface area contributed by atoms with Crippen LogP contribution in [0.5, 0.6) is 5.88 Å². The largest absolute Gasteiger partial charge is 0.481 e. The molecule has 0 aliphatic rings. The minimum absolute atomic E-state index is 0.727. The average Bonchev–Trinajstić information content (AvgIpc) is 2.83. The lowest BCUT2D eigenvalue weighted by molar-refractivity contribution is 0.373. The first-order chi connectivity index (χ1) is 8.60. The molecular formula is C11H13Br2N3OS. The maximum absolute atomic E-state index is 5.17. The fourth-order valence-electron chi connectivity index (χ4n) is 1.58. The molecule has 0 unspecified atom stereocenters. The van der Waals surface area contributed by atoms with E-state index in [1.807, 2.05) is 13.1 Å². The van der Waals surface area contributed by atoms with Gasteiger partial charge in [0.2, 0.25) is 5.88 Å². The Balaban J connectivity index is 1.88. The van der Waals surface area contributed by atoms with Crippen LogP contribution in [0.3, 0.4) is 0 Å². The summed E-state index contributed by atoms with van der Waals surface area (Å²) in [6, 6.07) is 4.05. The van der Waals surface area contributed by atoms with Crippen molar-refractivity contribution in [3.63, 3.8) is 0 Å². The number of nitrogens with zero attached hydrogens (tertiary/aromatic N) is 2. The molecule has 0 saturated carbocycles. The van der Waals surface area contributed by atoms with Gasteiger partial charge in [-0.25, -0.2) is 4.68 Å². The van der Waals surface area contributed by atoms with Crippen molar-refractivity contribution in [1.29, 1.82) is 0 Å². The highest BCUT2D eigenvalue weighted by molar-refractivity contribution is 9.13. The van der Waals surface area contributed by atoms with Crippen molar-refractivity contribution in [3.05, 3.63) is 31.0 Å². The predicted molar refractivity (Wildman–Crippen MR) is 80.0 cm³/mol. The summed E-state index contributed by atoms with van der Waals surface area (Å²) in [7, 11) is 3.52. The number of hydrogen-bond donors (Lipinski definition) is 1. The van der Waals surface area contributed by atoms with E-state index < -0.39 is 0 Å². The highest BCUT2D eigenvalue weighted by atomic mass is 79.9. The first-order valence-corrected chi connectivity index (χ1v) is 7.71. The zero-order valence-corrected chi connectivity index (χ0v) is 14.0. The van der Waals surface area contributed by atoms with E-state index in [0.29, 0.717) is 0 Å². The van der Waals surface area contributed by atoms with E-state index in [2.05, 4.69) is 48.3 Å². The van der Waals surface area contributed by atoms with E-state index in [0.717, 1.165) is 32.9 Å². The lowest BCUT2D eigenvalue weighted by atomic mass is 10.4. The number of hydrogen-bond acceptors (Lipinski definition) is 4. The van der Waals surface area contributed by atoms with Crippen LogP contribution in [0.25, 0.3) is 0 Å². The minimum atomic E-state index is 0.727. The Labute approximate surface area is 127 Å². The van der Waals surface area contributed by atoms with E-state index in [1.54, 1.807) is 23.1 Å². The molecule has 18 heavy (non-hydrogen) atoms. The molecule has 0 saturated heterocycles.